The number of methoxy groups -OCH3 is 1. The van der Waals surface area contributed by atoms with Crippen molar-refractivity contribution in [1.29, 1.82) is 0 Å². The van der Waals surface area contributed by atoms with E-state index >= 15 is 0 Å². The van der Waals surface area contributed by atoms with Gasteiger partial charge in [0.25, 0.3) is 5.91 Å². The van der Waals surface area contributed by atoms with E-state index in [-0.39, 0.29) is 19.1 Å². The van der Waals surface area contributed by atoms with Crippen molar-refractivity contribution in [3.63, 3.8) is 0 Å². The minimum Gasteiger partial charge on any atom is -0.481 e. The number of rotatable bonds is 5. The number of carboxylic acid groups (broad SMARTS) is 1. The number of hydrogen-bond donors (Lipinski definition) is 1. The molecule has 3 heterocycles. The first-order chi connectivity index (χ1) is 12.3. The molecule has 0 radical (unpaired) electrons. The quantitative estimate of drug-likeness (QED) is 0.870. The SMILES string of the molecule is COCC1(C(=O)O)CCN(C(=O)c2cnn(C)c2-n2c(C)ccc2C)C1. The van der Waals surface area contributed by atoms with Crippen LogP contribution in [0.2, 0.25) is 0 Å². The van der Waals surface area contributed by atoms with Crippen molar-refractivity contribution in [2.75, 3.05) is 26.8 Å². The average molecular weight is 360 g/mol. The molecule has 1 amide bonds. The van der Waals surface area contributed by atoms with Gasteiger partial charge in [0.2, 0.25) is 0 Å². The first-order valence-electron chi connectivity index (χ1n) is 8.49. The van der Waals surface area contributed by atoms with E-state index in [1.165, 1.54) is 7.11 Å². The van der Waals surface area contributed by atoms with Gasteiger partial charge in [-0.3, -0.25) is 14.3 Å². The number of nitrogens with zero attached hydrogens (tertiary/aromatic N) is 4. The fourth-order valence-corrected chi connectivity index (χ4v) is 3.70. The van der Waals surface area contributed by atoms with E-state index in [1.54, 1.807) is 22.8 Å². The van der Waals surface area contributed by atoms with Gasteiger partial charge in [0.1, 0.15) is 16.8 Å². The molecule has 1 unspecified atom stereocenters. The molecule has 8 heteroatoms. The maximum absolute atomic E-state index is 13.1. The lowest BCUT2D eigenvalue weighted by Gasteiger charge is -2.24. The molecule has 0 saturated carbocycles. The highest BCUT2D eigenvalue weighted by Crippen LogP contribution is 2.33. The van der Waals surface area contributed by atoms with Crippen molar-refractivity contribution in [3.8, 4) is 5.82 Å². The van der Waals surface area contributed by atoms with Crippen molar-refractivity contribution in [1.82, 2.24) is 19.2 Å². The Kier molecular flexibility index (Phi) is 4.62. The molecule has 0 spiro atoms. The Balaban J connectivity index is 1.95. The summed E-state index contributed by atoms with van der Waals surface area (Å²) in [4.78, 5) is 26.5. The Morgan fingerprint density at radius 2 is 1.96 bits per heavy atom. The molecule has 3 rings (SSSR count). The van der Waals surface area contributed by atoms with Crippen LogP contribution in [0.3, 0.4) is 0 Å². The van der Waals surface area contributed by atoms with Gasteiger partial charge < -0.3 is 19.3 Å². The Morgan fingerprint density at radius 3 is 2.54 bits per heavy atom. The molecule has 1 aliphatic rings. The number of carbonyl (C=O) groups excluding carboxylic acids is 1. The average Bonchev–Trinajstić information content (AvgIpc) is 3.27. The minimum atomic E-state index is -1.05. The number of aliphatic carboxylic acids is 1. The molecule has 1 saturated heterocycles. The number of aryl methyl sites for hydroxylation is 3. The molecule has 1 aliphatic heterocycles. The summed E-state index contributed by atoms with van der Waals surface area (Å²) < 4.78 is 8.75. The predicted molar refractivity (Wildman–Crippen MR) is 94.5 cm³/mol. The van der Waals surface area contributed by atoms with E-state index in [0.717, 1.165) is 11.4 Å². The number of likely N-dealkylation sites (tertiary alicyclic amines) is 1. The number of aromatic nitrogens is 3. The van der Waals surface area contributed by atoms with E-state index in [4.69, 9.17) is 4.74 Å². The molecule has 26 heavy (non-hydrogen) atoms. The molecule has 140 valence electrons. The van der Waals surface area contributed by atoms with Gasteiger partial charge in [-0.1, -0.05) is 0 Å². The van der Waals surface area contributed by atoms with Gasteiger partial charge in [-0.15, -0.1) is 0 Å². The summed E-state index contributed by atoms with van der Waals surface area (Å²) >= 11 is 0. The van der Waals surface area contributed by atoms with Crippen LogP contribution in [-0.4, -0.2) is 63.0 Å². The molecule has 0 bridgehead atoms. The van der Waals surface area contributed by atoms with Gasteiger partial charge in [0.15, 0.2) is 0 Å². The minimum absolute atomic E-state index is 0.0851. The van der Waals surface area contributed by atoms with Gasteiger partial charge in [-0.2, -0.15) is 5.10 Å². The highest BCUT2D eigenvalue weighted by atomic mass is 16.5. The Morgan fingerprint density at radius 1 is 1.31 bits per heavy atom. The Bertz CT molecular complexity index is 834. The maximum atomic E-state index is 13.1. The summed E-state index contributed by atoms with van der Waals surface area (Å²) in [6.07, 6.45) is 1.92. The van der Waals surface area contributed by atoms with E-state index < -0.39 is 11.4 Å². The summed E-state index contributed by atoms with van der Waals surface area (Å²) in [7, 11) is 3.27. The van der Waals surface area contributed by atoms with Crippen LogP contribution in [0, 0.1) is 19.3 Å². The van der Waals surface area contributed by atoms with Gasteiger partial charge in [-0.05, 0) is 32.4 Å². The fraction of sp³-hybridized carbons (Fsp3) is 0.500. The summed E-state index contributed by atoms with van der Waals surface area (Å²) in [6.45, 7) is 4.54. The van der Waals surface area contributed by atoms with Crippen LogP contribution < -0.4 is 0 Å². The van der Waals surface area contributed by atoms with E-state index in [9.17, 15) is 14.7 Å². The van der Waals surface area contributed by atoms with E-state index in [0.29, 0.717) is 24.3 Å². The molecule has 1 N–H and O–H groups in total. The number of amides is 1. The molecule has 2 aromatic rings. The maximum Gasteiger partial charge on any atom is 0.313 e. The second-order valence-corrected chi connectivity index (χ2v) is 6.95. The lowest BCUT2D eigenvalue weighted by atomic mass is 9.88. The van der Waals surface area contributed by atoms with Gasteiger partial charge in [0, 0.05) is 38.6 Å². The van der Waals surface area contributed by atoms with Crippen LogP contribution in [0.15, 0.2) is 18.3 Å². The van der Waals surface area contributed by atoms with Crippen LogP contribution in [-0.2, 0) is 16.6 Å². The highest BCUT2D eigenvalue weighted by molar-refractivity contribution is 5.98. The Hall–Kier alpha value is -2.61. The smallest absolute Gasteiger partial charge is 0.313 e. The second-order valence-electron chi connectivity index (χ2n) is 6.95. The van der Waals surface area contributed by atoms with E-state index in [2.05, 4.69) is 5.10 Å². The fourth-order valence-electron chi connectivity index (χ4n) is 3.70. The zero-order valence-electron chi connectivity index (χ0n) is 15.5. The second kappa shape index (κ2) is 6.60. The van der Waals surface area contributed by atoms with Crippen molar-refractivity contribution in [2.24, 2.45) is 12.5 Å². The molecule has 0 aromatic carbocycles. The lowest BCUT2D eigenvalue weighted by molar-refractivity contribution is -0.151. The van der Waals surface area contributed by atoms with Crippen LogP contribution in [0.4, 0.5) is 0 Å². The Labute approximate surface area is 152 Å². The summed E-state index contributed by atoms with van der Waals surface area (Å²) in [5.74, 6) is -0.451. The van der Waals surface area contributed by atoms with Crippen molar-refractivity contribution in [3.05, 3.63) is 35.3 Å². The molecular weight excluding hydrogens is 336 g/mol. The number of hydrogen-bond acceptors (Lipinski definition) is 4. The number of ether oxygens (including phenoxy) is 1. The third-order valence-corrected chi connectivity index (χ3v) is 5.14. The first kappa shape index (κ1) is 18.2. The van der Waals surface area contributed by atoms with Gasteiger partial charge >= 0.3 is 5.97 Å². The third kappa shape index (κ3) is 2.80. The highest BCUT2D eigenvalue weighted by Gasteiger charge is 2.47. The molecule has 0 aliphatic carbocycles. The third-order valence-electron chi connectivity index (χ3n) is 5.14. The van der Waals surface area contributed by atoms with Crippen LogP contribution in [0.5, 0.6) is 0 Å². The molecule has 8 nitrogen and oxygen atoms in total. The monoisotopic (exact) mass is 360 g/mol. The summed E-state index contributed by atoms with van der Waals surface area (Å²) in [5.41, 5.74) is 1.42. The zero-order valence-corrected chi connectivity index (χ0v) is 15.5. The predicted octanol–water partition coefficient (Wildman–Crippen LogP) is 1.39. The number of carbonyl (C=O) groups is 2. The topological polar surface area (TPSA) is 89.6 Å². The van der Waals surface area contributed by atoms with Crippen LogP contribution in [0.25, 0.3) is 5.82 Å². The number of carboxylic acids is 1. The van der Waals surface area contributed by atoms with Crippen molar-refractivity contribution in [2.45, 2.75) is 20.3 Å². The first-order valence-corrected chi connectivity index (χ1v) is 8.49. The molecule has 1 fully saturated rings. The van der Waals surface area contributed by atoms with E-state index in [1.807, 2.05) is 30.5 Å². The summed E-state index contributed by atoms with van der Waals surface area (Å²) in [6, 6.07) is 3.97. The van der Waals surface area contributed by atoms with Gasteiger partial charge in [0.05, 0.1) is 12.8 Å². The van der Waals surface area contributed by atoms with Crippen LogP contribution in [0.1, 0.15) is 28.2 Å². The standard InChI is InChI=1S/C18H24N4O4/c1-12-5-6-13(2)22(12)15-14(9-19-20(15)3)16(23)21-8-7-18(10-21,11-26-4)17(24)25/h5-6,9H,7-8,10-11H2,1-4H3,(H,24,25). The lowest BCUT2D eigenvalue weighted by Crippen LogP contribution is -2.40. The molecule has 1 atom stereocenters. The van der Waals surface area contributed by atoms with Crippen molar-refractivity contribution < 1.29 is 19.4 Å². The largest absolute Gasteiger partial charge is 0.481 e. The molecule has 2 aromatic heterocycles. The zero-order chi connectivity index (χ0) is 19.1. The van der Waals surface area contributed by atoms with Gasteiger partial charge in [-0.25, -0.2) is 0 Å². The van der Waals surface area contributed by atoms with Crippen LogP contribution >= 0.6 is 0 Å². The van der Waals surface area contributed by atoms with Crippen molar-refractivity contribution >= 4 is 11.9 Å². The normalized spacial score (nSPS) is 19.9. The molecular formula is C18H24N4O4. The summed E-state index contributed by atoms with van der Waals surface area (Å²) in [5, 5.41) is 13.9.